The Labute approximate surface area is 170 Å². The monoisotopic (exact) mass is 374 g/mol. The van der Waals surface area contributed by atoms with Crippen molar-refractivity contribution in [2.75, 3.05) is 0 Å². The molecular formula is C26H34N2. The molecule has 0 aliphatic rings. The van der Waals surface area contributed by atoms with Crippen molar-refractivity contribution in [1.82, 2.24) is 10.2 Å². The van der Waals surface area contributed by atoms with Crippen molar-refractivity contribution < 1.29 is 0 Å². The number of benzene rings is 2. The van der Waals surface area contributed by atoms with E-state index in [1.807, 2.05) is 0 Å². The van der Waals surface area contributed by atoms with Gasteiger partial charge in [-0.15, -0.1) is 0 Å². The number of aryl methyl sites for hydroxylation is 2. The summed E-state index contributed by atoms with van der Waals surface area (Å²) in [5.41, 5.74) is 7.59. The predicted molar refractivity (Wildman–Crippen MR) is 120 cm³/mol. The van der Waals surface area contributed by atoms with Crippen molar-refractivity contribution in [2.45, 2.75) is 71.6 Å². The van der Waals surface area contributed by atoms with Crippen molar-refractivity contribution in [3.05, 3.63) is 77.0 Å². The summed E-state index contributed by atoms with van der Waals surface area (Å²) in [7, 11) is 0. The molecule has 0 atom stereocenters. The van der Waals surface area contributed by atoms with Gasteiger partial charge >= 0.3 is 0 Å². The van der Waals surface area contributed by atoms with Crippen LogP contribution in [0.5, 0.6) is 0 Å². The number of aromatic nitrogens is 2. The Kier molecular flexibility index (Phi) is 7.90. The van der Waals surface area contributed by atoms with E-state index in [9.17, 15) is 0 Å². The van der Waals surface area contributed by atoms with Crippen molar-refractivity contribution in [2.24, 2.45) is 0 Å². The van der Waals surface area contributed by atoms with Crippen LogP contribution < -0.4 is 0 Å². The highest BCUT2D eigenvalue weighted by atomic mass is 15.1. The molecule has 0 aliphatic carbocycles. The van der Waals surface area contributed by atoms with Crippen LogP contribution in [-0.2, 0) is 19.3 Å². The Balaban J connectivity index is 1.56. The molecule has 1 heterocycles. The zero-order chi connectivity index (χ0) is 19.6. The second-order valence-electron chi connectivity index (χ2n) is 7.88. The molecule has 0 aliphatic heterocycles. The van der Waals surface area contributed by atoms with E-state index in [1.165, 1.54) is 79.3 Å². The topological polar surface area (TPSA) is 28.7 Å². The number of unbranched alkanes of at least 4 members (excludes halogenated alkanes) is 4. The standard InChI is InChI=1S/C26H34N2/c1-3-5-7-9-21-11-13-23(14-12-21)19-25-20-26(28-27-25)24-17-15-22(16-18-24)10-8-6-4-2/h11-18,20H,3-10,19H2,1-2H3,(H,27,28). The lowest BCUT2D eigenvalue weighted by Gasteiger charge is -2.03. The van der Waals surface area contributed by atoms with Gasteiger partial charge in [0.2, 0.25) is 0 Å². The van der Waals surface area contributed by atoms with Crippen LogP contribution in [0.3, 0.4) is 0 Å². The molecule has 0 saturated carbocycles. The third kappa shape index (κ3) is 6.09. The first-order valence-electron chi connectivity index (χ1n) is 11.0. The summed E-state index contributed by atoms with van der Waals surface area (Å²) in [6.45, 7) is 4.50. The molecule has 0 amide bonds. The largest absolute Gasteiger partial charge is 0.282 e. The van der Waals surface area contributed by atoms with E-state index in [0.29, 0.717) is 0 Å². The molecule has 0 unspecified atom stereocenters. The van der Waals surface area contributed by atoms with E-state index >= 15 is 0 Å². The molecule has 0 fully saturated rings. The molecule has 0 radical (unpaired) electrons. The Morgan fingerprint density at radius 1 is 0.679 bits per heavy atom. The van der Waals surface area contributed by atoms with Gasteiger partial charge in [0.15, 0.2) is 0 Å². The first kappa shape index (κ1) is 20.4. The SMILES string of the molecule is CCCCCc1ccc(Cc2cc(-c3ccc(CCCCC)cc3)n[nH]2)cc1. The molecule has 3 aromatic rings. The molecule has 148 valence electrons. The minimum atomic E-state index is 0.900. The van der Waals surface area contributed by atoms with Gasteiger partial charge in [-0.1, -0.05) is 88.1 Å². The summed E-state index contributed by atoms with van der Waals surface area (Å²) in [5.74, 6) is 0. The van der Waals surface area contributed by atoms with Crippen LogP contribution in [0.1, 0.15) is 74.8 Å². The van der Waals surface area contributed by atoms with Crippen molar-refractivity contribution in [3.8, 4) is 11.3 Å². The zero-order valence-electron chi connectivity index (χ0n) is 17.5. The van der Waals surface area contributed by atoms with Gasteiger partial charge in [-0.2, -0.15) is 5.10 Å². The fourth-order valence-corrected chi connectivity index (χ4v) is 3.64. The van der Waals surface area contributed by atoms with Gasteiger partial charge < -0.3 is 0 Å². The number of nitrogens with one attached hydrogen (secondary N) is 1. The number of rotatable bonds is 11. The smallest absolute Gasteiger partial charge is 0.0923 e. The molecule has 2 heteroatoms. The van der Waals surface area contributed by atoms with E-state index < -0.39 is 0 Å². The zero-order valence-corrected chi connectivity index (χ0v) is 17.5. The van der Waals surface area contributed by atoms with Gasteiger partial charge in [0.25, 0.3) is 0 Å². The molecule has 0 spiro atoms. The highest BCUT2D eigenvalue weighted by Crippen LogP contribution is 2.21. The Bertz CT molecular complexity index is 812. The van der Waals surface area contributed by atoms with Gasteiger partial charge in [-0.25, -0.2) is 0 Å². The first-order chi connectivity index (χ1) is 13.8. The quantitative estimate of drug-likeness (QED) is 0.355. The van der Waals surface area contributed by atoms with Crippen LogP contribution >= 0.6 is 0 Å². The summed E-state index contributed by atoms with van der Waals surface area (Å²) >= 11 is 0. The predicted octanol–water partition coefficient (Wildman–Crippen LogP) is 7.13. The van der Waals surface area contributed by atoms with Crippen molar-refractivity contribution in [3.63, 3.8) is 0 Å². The molecule has 2 aromatic carbocycles. The molecule has 3 rings (SSSR count). The van der Waals surface area contributed by atoms with Crippen LogP contribution in [0.2, 0.25) is 0 Å². The van der Waals surface area contributed by atoms with Crippen molar-refractivity contribution in [1.29, 1.82) is 0 Å². The third-order valence-corrected chi connectivity index (χ3v) is 5.44. The number of aromatic amines is 1. The minimum Gasteiger partial charge on any atom is -0.282 e. The van der Waals surface area contributed by atoms with Crippen LogP contribution in [-0.4, -0.2) is 10.2 Å². The van der Waals surface area contributed by atoms with E-state index in [1.54, 1.807) is 0 Å². The second kappa shape index (κ2) is 10.8. The second-order valence-corrected chi connectivity index (χ2v) is 7.88. The normalized spacial score (nSPS) is 11.1. The van der Waals surface area contributed by atoms with E-state index in [0.717, 1.165) is 12.1 Å². The van der Waals surface area contributed by atoms with E-state index in [2.05, 4.69) is 78.6 Å². The first-order valence-corrected chi connectivity index (χ1v) is 11.0. The van der Waals surface area contributed by atoms with Crippen LogP contribution in [0.25, 0.3) is 11.3 Å². The Morgan fingerprint density at radius 2 is 1.21 bits per heavy atom. The van der Waals surface area contributed by atoms with Crippen LogP contribution in [0.4, 0.5) is 0 Å². The molecule has 2 nitrogen and oxygen atoms in total. The average Bonchev–Trinajstić information content (AvgIpc) is 3.19. The highest BCUT2D eigenvalue weighted by Gasteiger charge is 2.06. The number of nitrogens with zero attached hydrogens (tertiary/aromatic N) is 1. The molecule has 28 heavy (non-hydrogen) atoms. The van der Waals surface area contributed by atoms with E-state index in [-0.39, 0.29) is 0 Å². The summed E-state index contributed by atoms with van der Waals surface area (Å²) in [5, 5.41) is 7.75. The van der Waals surface area contributed by atoms with Crippen molar-refractivity contribution >= 4 is 0 Å². The highest BCUT2D eigenvalue weighted by molar-refractivity contribution is 5.59. The molecular weight excluding hydrogens is 340 g/mol. The minimum absolute atomic E-state index is 0.900. The number of H-pyrrole nitrogens is 1. The van der Waals surface area contributed by atoms with Gasteiger partial charge in [0, 0.05) is 17.7 Å². The average molecular weight is 375 g/mol. The lowest BCUT2D eigenvalue weighted by molar-refractivity contribution is 0.717. The lowest BCUT2D eigenvalue weighted by Crippen LogP contribution is -1.90. The molecule has 1 N–H and O–H groups in total. The Morgan fingerprint density at radius 3 is 1.79 bits per heavy atom. The van der Waals surface area contributed by atoms with Gasteiger partial charge in [0.05, 0.1) is 5.69 Å². The molecule has 0 saturated heterocycles. The third-order valence-electron chi connectivity index (χ3n) is 5.44. The Hall–Kier alpha value is -2.35. The molecule has 1 aromatic heterocycles. The number of hydrogen-bond donors (Lipinski definition) is 1. The summed E-state index contributed by atoms with van der Waals surface area (Å²) in [4.78, 5) is 0. The maximum atomic E-state index is 4.53. The fourth-order valence-electron chi connectivity index (χ4n) is 3.64. The maximum Gasteiger partial charge on any atom is 0.0923 e. The summed E-state index contributed by atoms with van der Waals surface area (Å²) in [6, 6.07) is 20.1. The number of hydrogen-bond acceptors (Lipinski definition) is 1. The molecule has 0 bridgehead atoms. The fraction of sp³-hybridized carbons (Fsp3) is 0.423. The summed E-state index contributed by atoms with van der Waals surface area (Å²) in [6.07, 6.45) is 11.0. The van der Waals surface area contributed by atoms with Crippen LogP contribution in [0.15, 0.2) is 54.6 Å². The summed E-state index contributed by atoms with van der Waals surface area (Å²) < 4.78 is 0. The maximum absolute atomic E-state index is 4.53. The lowest BCUT2D eigenvalue weighted by atomic mass is 10.0. The van der Waals surface area contributed by atoms with Gasteiger partial charge in [-0.3, -0.25) is 5.10 Å². The van der Waals surface area contributed by atoms with Gasteiger partial charge in [0.1, 0.15) is 0 Å². The van der Waals surface area contributed by atoms with Crippen LogP contribution in [0, 0.1) is 0 Å². The van der Waals surface area contributed by atoms with Gasteiger partial charge in [-0.05, 0) is 48.4 Å². The van der Waals surface area contributed by atoms with E-state index in [4.69, 9.17) is 0 Å².